The van der Waals surface area contributed by atoms with Crippen molar-refractivity contribution >= 4 is 0 Å². The van der Waals surface area contributed by atoms with Crippen LogP contribution in [0.15, 0.2) is 24.5 Å². The van der Waals surface area contributed by atoms with Crippen LogP contribution in [-0.2, 0) is 6.42 Å². The van der Waals surface area contributed by atoms with E-state index in [2.05, 4.69) is 28.6 Å². The van der Waals surface area contributed by atoms with Gasteiger partial charge in [0.05, 0.1) is 0 Å². The summed E-state index contributed by atoms with van der Waals surface area (Å²) in [5.74, 6) is 0. The summed E-state index contributed by atoms with van der Waals surface area (Å²) in [6.07, 6.45) is 6.00. The molecule has 0 radical (unpaired) electrons. The predicted molar refractivity (Wildman–Crippen MR) is 64.0 cm³/mol. The first kappa shape index (κ1) is 12.1. The smallest absolute Gasteiger partial charge is 0.0300 e. The molecule has 0 atom stereocenters. The van der Waals surface area contributed by atoms with E-state index in [9.17, 15) is 0 Å². The third-order valence-corrected chi connectivity index (χ3v) is 2.27. The predicted octanol–water partition coefficient (Wildman–Crippen LogP) is 1.21. The zero-order valence-corrected chi connectivity index (χ0v) is 9.50. The lowest BCUT2D eigenvalue weighted by molar-refractivity contribution is 0.606. The van der Waals surface area contributed by atoms with Crippen LogP contribution < -0.4 is 10.6 Å². The fourth-order valence-corrected chi connectivity index (χ4v) is 1.42. The molecule has 3 heteroatoms. The molecule has 15 heavy (non-hydrogen) atoms. The van der Waals surface area contributed by atoms with Crippen molar-refractivity contribution in [2.45, 2.75) is 19.8 Å². The number of nitrogens with zero attached hydrogens (tertiary/aromatic N) is 1. The summed E-state index contributed by atoms with van der Waals surface area (Å²) in [5.41, 5.74) is 1.30. The van der Waals surface area contributed by atoms with Crippen LogP contribution in [0, 0.1) is 0 Å². The van der Waals surface area contributed by atoms with Crippen molar-refractivity contribution in [3.63, 3.8) is 0 Å². The minimum absolute atomic E-state index is 1.04. The van der Waals surface area contributed by atoms with E-state index in [-0.39, 0.29) is 0 Å². The third-order valence-electron chi connectivity index (χ3n) is 2.27. The number of aromatic nitrogens is 1. The van der Waals surface area contributed by atoms with Gasteiger partial charge in [-0.25, -0.2) is 0 Å². The Morgan fingerprint density at radius 3 is 2.80 bits per heavy atom. The van der Waals surface area contributed by atoms with Crippen molar-refractivity contribution in [1.29, 1.82) is 0 Å². The van der Waals surface area contributed by atoms with Crippen LogP contribution in [-0.4, -0.2) is 31.2 Å². The molecule has 1 aromatic heterocycles. The first-order valence-corrected chi connectivity index (χ1v) is 5.74. The van der Waals surface area contributed by atoms with Crippen molar-refractivity contribution in [1.82, 2.24) is 15.6 Å². The molecule has 0 aliphatic rings. The molecule has 0 aliphatic carbocycles. The second kappa shape index (κ2) is 8.38. The Bertz CT molecular complexity index is 236. The molecule has 84 valence electrons. The molecular formula is C12H21N3. The number of nitrogens with one attached hydrogen (secondary N) is 2. The first-order chi connectivity index (χ1) is 7.43. The van der Waals surface area contributed by atoms with Gasteiger partial charge in [-0.2, -0.15) is 0 Å². The largest absolute Gasteiger partial charge is 0.317 e. The van der Waals surface area contributed by atoms with Crippen molar-refractivity contribution < 1.29 is 0 Å². The van der Waals surface area contributed by atoms with Crippen LogP contribution in [0.25, 0.3) is 0 Å². The Labute approximate surface area is 92.3 Å². The molecule has 1 rings (SSSR count). The summed E-state index contributed by atoms with van der Waals surface area (Å²) in [4.78, 5) is 4.09. The highest BCUT2D eigenvalue weighted by Crippen LogP contribution is 1.95. The Morgan fingerprint density at radius 1 is 1.20 bits per heavy atom. The topological polar surface area (TPSA) is 37.0 Å². The van der Waals surface area contributed by atoms with Gasteiger partial charge >= 0.3 is 0 Å². The van der Waals surface area contributed by atoms with Gasteiger partial charge in [-0.3, -0.25) is 4.98 Å². The molecule has 3 nitrogen and oxygen atoms in total. The Hall–Kier alpha value is -0.930. The van der Waals surface area contributed by atoms with Gasteiger partial charge in [0.1, 0.15) is 0 Å². The van der Waals surface area contributed by atoms with E-state index < -0.39 is 0 Å². The molecule has 0 amide bonds. The van der Waals surface area contributed by atoms with Crippen LogP contribution in [0.2, 0.25) is 0 Å². The first-order valence-electron chi connectivity index (χ1n) is 5.74. The number of hydrogen-bond acceptors (Lipinski definition) is 3. The number of hydrogen-bond donors (Lipinski definition) is 2. The van der Waals surface area contributed by atoms with Gasteiger partial charge in [0.15, 0.2) is 0 Å². The highest BCUT2D eigenvalue weighted by molar-refractivity contribution is 5.08. The second-order valence-corrected chi connectivity index (χ2v) is 3.57. The zero-order chi connectivity index (χ0) is 10.8. The molecule has 0 saturated heterocycles. The normalized spacial score (nSPS) is 10.5. The van der Waals surface area contributed by atoms with Crippen molar-refractivity contribution in [3.05, 3.63) is 30.1 Å². The maximum Gasteiger partial charge on any atom is 0.0300 e. The molecule has 0 fully saturated rings. The van der Waals surface area contributed by atoms with Gasteiger partial charge in [0, 0.05) is 12.4 Å². The highest BCUT2D eigenvalue weighted by Gasteiger charge is 1.91. The third kappa shape index (κ3) is 6.20. The van der Waals surface area contributed by atoms with E-state index in [1.165, 1.54) is 12.0 Å². The van der Waals surface area contributed by atoms with Crippen LogP contribution >= 0.6 is 0 Å². The summed E-state index contributed by atoms with van der Waals surface area (Å²) in [6.45, 7) is 6.44. The van der Waals surface area contributed by atoms with E-state index in [1.807, 2.05) is 18.5 Å². The summed E-state index contributed by atoms with van der Waals surface area (Å²) in [5, 5.41) is 6.73. The summed E-state index contributed by atoms with van der Waals surface area (Å²) < 4.78 is 0. The quantitative estimate of drug-likeness (QED) is 0.629. The fourth-order valence-electron chi connectivity index (χ4n) is 1.42. The SMILES string of the molecule is CCNCCCNCCc1cccnc1. The van der Waals surface area contributed by atoms with Crippen molar-refractivity contribution in [2.75, 3.05) is 26.2 Å². The van der Waals surface area contributed by atoms with Crippen molar-refractivity contribution in [2.24, 2.45) is 0 Å². The van der Waals surface area contributed by atoms with E-state index in [1.54, 1.807) is 0 Å². The molecule has 0 unspecified atom stereocenters. The van der Waals surface area contributed by atoms with E-state index in [0.717, 1.165) is 32.6 Å². The van der Waals surface area contributed by atoms with Crippen LogP contribution in [0.1, 0.15) is 18.9 Å². The molecule has 0 aliphatic heterocycles. The molecule has 1 heterocycles. The van der Waals surface area contributed by atoms with E-state index >= 15 is 0 Å². The van der Waals surface area contributed by atoms with Crippen molar-refractivity contribution in [3.8, 4) is 0 Å². The molecule has 0 bridgehead atoms. The van der Waals surface area contributed by atoms with Crippen LogP contribution in [0.3, 0.4) is 0 Å². The molecule has 2 N–H and O–H groups in total. The van der Waals surface area contributed by atoms with Gasteiger partial charge in [-0.15, -0.1) is 0 Å². The van der Waals surface area contributed by atoms with E-state index in [0.29, 0.717) is 0 Å². The lowest BCUT2D eigenvalue weighted by Gasteiger charge is -2.04. The number of rotatable bonds is 8. The fraction of sp³-hybridized carbons (Fsp3) is 0.583. The van der Waals surface area contributed by atoms with Gasteiger partial charge in [0.2, 0.25) is 0 Å². The standard InChI is InChI=1S/C12H21N3/c1-2-13-8-4-9-14-10-6-12-5-3-7-15-11-12/h3,5,7,11,13-14H,2,4,6,8-10H2,1H3. The Balaban J connectivity index is 1.93. The van der Waals surface area contributed by atoms with E-state index in [4.69, 9.17) is 0 Å². The Morgan fingerprint density at radius 2 is 2.07 bits per heavy atom. The summed E-state index contributed by atoms with van der Waals surface area (Å²) >= 11 is 0. The molecular weight excluding hydrogens is 186 g/mol. The highest BCUT2D eigenvalue weighted by atomic mass is 14.9. The Kier molecular flexibility index (Phi) is 6.79. The van der Waals surface area contributed by atoms with Gasteiger partial charge in [-0.05, 0) is 50.7 Å². The minimum Gasteiger partial charge on any atom is -0.317 e. The molecule has 0 saturated carbocycles. The molecule has 0 spiro atoms. The molecule has 0 aromatic carbocycles. The summed E-state index contributed by atoms with van der Waals surface area (Å²) in [7, 11) is 0. The molecule has 1 aromatic rings. The second-order valence-electron chi connectivity index (χ2n) is 3.57. The maximum absolute atomic E-state index is 4.09. The van der Waals surface area contributed by atoms with Crippen LogP contribution in [0.4, 0.5) is 0 Å². The maximum atomic E-state index is 4.09. The minimum atomic E-state index is 1.04. The van der Waals surface area contributed by atoms with Gasteiger partial charge in [-0.1, -0.05) is 13.0 Å². The lowest BCUT2D eigenvalue weighted by atomic mass is 10.2. The zero-order valence-electron chi connectivity index (χ0n) is 9.50. The lowest BCUT2D eigenvalue weighted by Crippen LogP contribution is -2.23. The van der Waals surface area contributed by atoms with Gasteiger partial charge in [0.25, 0.3) is 0 Å². The summed E-state index contributed by atoms with van der Waals surface area (Å²) in [6, 6.07) is 4.10. The average Bonchev–Trinajstić information content (AvgIpc) is 2.29. The average molecular weight is 207 g/mol. The monoisotopic (exact) mass is 207 g/mol. The van der Waals surface area contributed by atoms with Crippen LogP contribution in [0.5, 0.6) is 0 Å². The number of pyridine rings is 1. The van der Waals surface area contributed by atoms with Gasteiger partial charge < -0.3 is 10.6 Å².